The molecule has 0 amide bonds. The summed E-state index contributed by atoms with van der Waals surface area (Å²) in [7, 11) is 5.30. The van der Waals surface area contributed by atoms with E-state index in [0.29, 0.717) is 23.6 Å². The summed E-state index contributed by atoms with van der Waals surface area (Å²) >= 11 is 0. The van der Waals surface area contributed by atoms with Crippen LogP contribution < -0.4 is 15.2 Å². The monoisotopic (exact) mass is 436 g/mol. The molecule has 0 unspecified atom stereocenters. The van der Waals surface area contributed by atoms with Gasteiger partial charge in [0.25, 0.3) is 5.56 Å². The summed E-state index contributed by atoms with van der Waals surface area (Å²) in [5.74, 6) is 1.60. The smallest absolute Gasteiger partial charge is 0.265 e. The number of nitrogens with zero attached hydrogens (tertiary/aromatic N) is 6. The van der Waals surface area contributed by atoms with E-state index in [4.69, 9.17) is 14.5 Å². The summed E-state index contributed by atoms with van der Waals surface area (Å²) in [4.78, 5) is 19.6. The summed E-state index contributed by atoms with van der Waals surface area (Å²) in [5.41, 5.74) is 1.70. The quantitative estimate of drug-likeness (QED) is 0.462. The third kappa shape index (κ3) is 3.52. The Hall–Kier alpha value is -3.33. The lowest BCUT2D eigenvalue weighted by atomic mass is 10.1. The van der Waals surface area contributed by atoms with Gasteiger partial charge in [-0.2, -0.15) is 10.1 Å². The van der Waals surface area contributed by atoms with Crippen LogP contribution in [0.4, 0.5) is 5.95 Å². The molecule has 0 bridgehead atoms. The third-order valence-electron chi connectivity index (χ3n) is 6.28. The third-order valence-corrected chi connectivity index (χ3v) is 6.28. The van der Waals surface area contributed by atoms with Gasteiger partial charge in [0, 0.05) is 65.3 Å². The van der Waals surface area contributed by atoms with E-state index in [1.165, 1.54) is 0 Å². The van der Waals surface area contributed by atoms with Crippen LogP contribution in [-0.2, 0) is 25.4 Å². The fraction of sp³-hybridized carbons (Fsp3) is 0.435. The number of aryl methyl sites for hydroxylation is 1. The van der Waals surface area contributed by atoms with Gasteiger partial charge < -0.3 is 18.9 Å². The van der Waals surface area contributed by atoms with Gasteiger partial charge in [0.1, 0.15) is 17.2 Å². The second-order valence-electron chi connectivity index (χ2n) is 8.28. The van der Waals surface area contributed by atoms with Crippen molar-refractivity contribution in [1.82, 2.24) is 23.9 Å². The molecule has 32 heavy (non-hydrogen) atoms. The standard InChI is InChI=1S/C23H28N6O3/c1-26-22(30)18-15-24-27(2)21(18)25-23(26)29-10-7-16(8-11-29)32-20-6-4-5-19-17(20)9-12-28(19)13-14-31-3/h4-6,9,12,15-16H,7-8,10-11,13-14H2,1-3H3. The van der Waals surface area contributed by atoms with Gasteiger partial charge >= 0.3 is 0 Å². The van der Waals surface area contributed by atoms with E-state index in [2.05, 4.69) is 32.9 Å². The number of ether oxygens (including phenoxy) is 2. The van der Waals surface area contributed by atoms with Gasteiger partial charge in [-0.25, -0.2) is 0 Å². The van der Waals surface area contributed by atoms with Crippen LogP contribution in [0.1, 0.15) is 12.8 Å². The van der Waals surface area contributed by atoms with E-state index in [1.807, 2.05) is 19.2 Å². The van der Waals surface area contributed by atoms with Gasteiger partial charge in [-0.3, -0.25) is 14.0 Å². The van der Waals surface area contributed by atoms with E-state index < -0.39 is 0 Å². The molecular formula is C23H28N6O3. The van der Waals surface area contributed by atoms with Crippen molar-refractivity contribution < 1.29 is 9.47 Å². The lowest BCUT2D eigenvalue weighted by Crippen LogP contribution is -2.41. The zero-order chi connectivity index (χ0) is 22.2. The number of piperidine rings is 1. The molecule has 0 N–H and O–H groups in total. The molecule has 1 saturated heterocycles. The lowest BCUT2D eigenvalue weighted by Gasteiger charge is -2.33. The zero-order valence-electron chi connectivity index (χ0n) is 18.7. The predicted molar refractivity (Wildman–Crippen MR) is 123 cm³/mol. The molecule has 1 aliphatic rings. The second kappa shape index (κ2) is 8.31. The molecule has 5 rings (SSSR count). The average Bonchev–Trinajstić information content (AvgIpc) is 3.39. The van der Waals surface area contributed by atoms with E-state index in [-0.39, 0.29) is 11.7 Å². The average molecular weight is 437 g/mol. The molecule has 4 aromatic rings. The molecule has 0 aliphatic carbocycles. The van der Waals surface area contributed by atoms with Crippen LogP contribution >= 0.6 is 0 Å². The maximum atomic E-state index is 12.7. The van der Waals surface area contributed by atoms with Crippen LogP contribution in [0.25, 0.3) is 21.9 Å². The number of fused-ring (bicyclic) bond motifs is 2. The highest BCUT2D eigenvalue weighted by Gasteiger charge is 2.25. The Morgan fingerprint density at radius 1 is 1.12 bits per heavy atom. The highest BCUT2D eigenvalue weighted by atomic mass is 16.5. The molecule has 0 saturated carbocycles. The molecule has 0 spiro atoms. The van der Waals surface area contributed by atoms with Crippen LogP contribution in [0.5, 0.6) is 5.75 Å². The van der Waals surface area contributed by atoms with Gasteiger partial charge in [-0.15, -0.1) is 0 Å². The molecule has 9 heteroatoms. The highest BCUT2D eigenvalue weighted by Crippen LogP contribution is 2.30. The maximum absolute atomic E-state index is 12.7. The van der Waals surface area contributed by atoms with Crippen molar-refractivity contribution in [1.29, 1.82) is 0 Å². The number of anilines is 1. The first-order valence-corrected chi connectivity index (χ1v) is 10.9. The Morgan fingerprint density at radius 3 is 2.72 bits per heavy atom. The minimum atomic E-state index is -0.0684. The SMILES string of the molecule is COCCn1ccc2c(OC3CCN(c4nc5c(cnn5C)c(=O)n4C)CC3)cccc21. The van der Waals surface area contributed by atoms with Crippen LogP contribution in [-0.4, -0.2) is 56.8 Å². The minimum absolute atomic E-state index is 0.0684. The van der Waals surface area contributed by atoms with Crippen LogP contribution in [0.2, 0.25) is 0 Å². The van der Waals surface area contributed by atoms with Crippen molar-refractivity contribution in [2.75, 3.05) is 31.7 Å². The molecule has 9 nitrogen and oxygen atoms in total. The summed E-state index contributed by atoms with van der Waals surface area (Å²) < 4.78 is 17.1. The summed E-state index contributed by atoms with van der Waals surface area (Å²) in [6, 6.07) is 8.30. The van der Waals surface area contributed by atoms with E-state index >= 15 is 0 Å². The van der Waals surface area contributed by atoms with Crippen molar-refractivity contribution >= 4 is 27.9 Å². The van der Waals surface area contributed by atoms with Crippen molar-refractivity contribution in [3.8, 4) is 5.75 Å². The molecule has 3 aromatic heterocycles. The highest BCUT2D eigenvalue weighted by molar-refractivity contribution is 5.86. The Kier molecular flexibility index (Phi) is 5.34. The Labute approximate surface area is 185 Å². The van der Waals surface area contributed by atoms with E-state index in [0.717, 1.165) is 49.1 Å². The van der Waals surface area contributed by atoms with Crippen LogP contribution in [0.3, 0.4) is 0 Å². The molecule has 0 atom stereocenters. The van der Waals surface area contributed by atoms with Gasteiger partial charge in [0.05, 0.1) is 18.3 Å². The predicted octanol–water partition coefficient (Wildman–Crippen LogP) is 2.32. The number of methoxy groups -OCH3 is 1. The normalized spacial score (nSPS) is 15.2. The fourth-order valence-corrected chi connectivity index (χ4v) is 4.47. The maximum Gasteiger partial charge on any atom is 0.265 e. The first-order chi connectivity index (χ1) is 15.6. The molecule has 1 aliphatic heterocycles. The molecule has 168 valence electrons. The van der Waals surface area contributed by atoms with Gasteiger partial charge in [0.15, 0.2) is 5.65 Å². The Morgan fingerprint density at radius 2 is 1.94 bits per heavy atom. The minimum Gasteiger partial charge on any atom is -0.490 e. The van der Waals surface area contributed by atoms with Gasteiger partial charge in [-0.1, -0.05) is 6.07 Å². The van der Waals surface area contributed by atoms with E-state index in [9.17, 15) is 4.79 Å². The number of hydrogen-bond donors (Lipinski definition) is 0. The summed E-state index contributed by atoms with van der Waals surface area (Å²) in [6.45, 7) is 3.04. The number of benzene rings is 1. The summed E-state index contributed by atoms with van der Waals surface area (Å²) in [5, 5.41) is 5.85. The molecule has 0 radical (unpaired) electrons. The second-order valence-corrected chi connectivity index (χ2v) is 8.28. The van der Waals surface area contributed by atoms with Crippen LogP contribution in [0, 0.1) is 0 Å². The van der Waals surface area contributed by atoms with Crippen molar-refractivity contribution in [2.45, 2.75) is 25.5 Å². The van der Waals surface area contributed by atoms with Gasteiger partial charge in [0.2, 0.25) is 5.95 Å². The first kappa shape index (κ1) is 20.6. The molecule has 1 aromatic carbocycles. The number of aromatic nitrogens is 5. The topological polar surface area (TPSA) is 79.3 Å². The van der Waals surface area contributed by atoms with Crippen LogP contribution in [0.15, 0.2) is 41.5 Å². The fourth-order valence-electron chi connectivity index (χ4n) is 4.47. The first-order valence-electron chi connectivity index (χ1n) is 10.9. The van der Waals surface area contributed by atoms with Crippen molar-refractivity contribution in [3.63, 3.8) is 0 Å². The molecular weight excluding hydrogens is 408 g/mol. The molecule has 1 fully saturated rings. The van der Waals surface area contributed by atoms with E-state index in [1.54, 1.807) is 29.6 Å². The largest absolute Gasteiger partial charge is 0.490 e. The summed E-state index contributed by atoms with van der Waals surface area (Å²) in [6.07, 6.45) is 5.51. The van der Waals surface area contributed by atoms with Crippen molar-refractivity contribution in [3.05, 3.63) is 47.0 Å². The van der Waals surface area contributed by atoms with Crippen molar-refractivity contribution in [2.24, 2.45) is 14.1 Å². The zero-order valence-corrected chi connectivity index (χ0v) is 18.7. The Bertz CT molecular complexity index is 1310. The molecule has 4 heterocycles. The lowest BCUT2D eigenvalue weighted by molar-refractivity contribution is 0.172. The van der Waals surface area contributed by atoms with Gasteiger partial charge in [-0.05, 0) is 18.2 Å². The number of hydrogen-bond acceptors (Lipinski definition) is 6. The Balaban J connectivity index is 1.31. The number of rotatable bonds is 6.